The zero-order chi connectivity index (χ0) is 19.5. The summed E-state index contributed by atoms with van der Waals surface area (Å²) in [7, 11) is -2.06. The average Bonchev–Trinajstić information content (AvgIpc) is 2.68. The molecule has 1 aliphatic heterocycles. The Morgan fingerprint density at radius 2 is 1.81 bits per heavy atom. The van der Waals surface area contributed by atoms with E-state index < -0.39 is 15.4 Å². The number of nitrogens with zero attached hydrogens (tertiary/aromatic N) is 1. The molecule has 1 N–H and O–H groups in total. The highest BCUT2D eigenvalue weighted by Gasteiger charge is 2.38. The number of benzene rings is 2. The van der Waals surface area contributed by atoms with Crippen LogP contribution in [-0.2, 0) is 16.4 Å². The first-order chi connectivity index (χ1) is 12.9. The number of aliphatic hydroxyl groups is 1. The lowest BCUT2D eigenvalue weighted by Crippen LogP contribution is -2.45. The van der Waals surface area contributed by atoms with Gasteiger partial charge < -0.3 is 9.84 Å². The van der Waals surface area contributed by atoms with Gasteiger partial charge in [0.15, 0.2) is 0 Å². The summed E-state index contributed by atoms with van der Waals surface area (Å²) in [5.41, 5.74) is 0.384. The molecule has 0 spiro atoms. The van der Waals surface area contributed by atoms with Crippen LogP contribution in [0.1, 0.15) is 18.4 Å². The fraction of sp³-hybridized carbons (Fsp3) is 0.400. The lowest BCUT2D eigenvalue weighted by Gasteiger charge is -2.40. The smallest absolute Gasteiger partial charge is 0.243 e. The number of sulfonamides is 1. The fourth-order valence-electron chi connectivity index (χ4n) is 3.57. The van der Waals surface area contributed by atoms with Gasteiger partial charge in [0.1, 0.15) is 11.6 Å². The Hall–Kier alpha value is -1.96. The first-order valence-electron chi connectivity index (χ1n) is 8.88. The van der Waals surface area contributed by atoms with Gasteiger partial charge in [-0.05, 0) is 66.6 Å². The summed E-state index contributed by atoms with van der Waals surface area (Å²) < 4.78 is 45.7. The summed E-state index contributed by atoms with van der Waals surface area (Å²) in [6, 6.07) is 12.7. The molecule has 1 heterocycles. The van der Waals surface area contributed by atoms with Crippen molar-refractivity contribution in [3.8, 4) is 5.75 Å². The summed E-state index contributed by atoms with van der Waals surface area (Å²) in [6.07, 6.45) is 1.57. The number of halogens is 1. The van der Waals surface area contributed by atoms with Gasteiger partial charge in [-0.3, -0.25) is 0 Å². The Balaban J connectivity index is 1.72. The highest BCUT2D eigenvalue weighted by atomic mass is 32.2. The molecule has 5 nitrogen and oxygen atoms in total. The van der Waals surface area contributed by atoms with Crippen LogP contribution in [0.5, 0.6) is 5.75 Å². The Morgan fingerprint density at radius 1 is 1.15 bits per heavy atom. The molecular weight excluding hydrogens is 369 g/mol. The highest BCUT2D eigenvalue weighted by molar-refractivity contribution is 7.89. The third kappa shape index (κ3) is 4.31. The van der Waals surface area contributed by atoms with E-state index >= 15 is 0 Å². The predicted octanol–water partition coefficient (Wildman–Crippen LogP) is 2.84. The maximum atomic E-state index is 13.5. The third-order valence-corrected chi connectivity index (χ3v) is 7.20. The van der Waals surface area contributed by atoms with Crippen molar-refractivity contribution in [1.29, 1.82) is 0 Å². The SMILES string of the molecule is COc1ccc(S(=O)(=O)N2CCC(CO)(Cc3cccc(F)c3)CC2)cc1. The number of aliphatic hydroxyl groups excluding tert-OH is 1. The third-order valence-electron chi connectivity index (χ3n) is 5.28. The van der Waals surface area contributed by atoms with E-state index in [4.69, 9.17) is 4.74 Å². The second kappa shape index (κ2) is 7.96. The van der Waals surface area contributed by atoms with Crippen LogP contribution in [0.3, 0.4) is 0 Å². The first-order valence-corrected chi connectivity index (χ1v) is 10.3. The molecule has 0 atom stereocenters. The van der Waals surface area contributed by atoms with Crippen molar-refractivity contribution in [3.63, 3.8) is 0 Å². The van der Waals surface area contributed by atoms with Crippen LogP contribution in [0.15, 0.2) is 53.4 Å². The largest absolute Gasteiger partial charge is 0.497 e. The Bertz CT molecular complexity index is 875. The first kappa shape index (κ1) is 19.8. The molecule has 7 heteroatoms. The molecule has 0 unspecified atom stereocenters. The summed E-state index contributed by atoms with van der Waals surface area (Å²) >= 11 is 0. The number of hydrogen-bond donors (Lipinski definition) is 1. The number of rotatable bonds is 6. The summed E-state index contributed by atoms with van der Waals surface area (Å²) in [5.74, 6) is 0.294. The van der Waals surface area contributed by atoms with E-state index in [0.717, 1.165) is 5.56 Å². The molecule has 3 rings (SSSR count). The number of piperidine rings is 1. The Labute approximate surface area is 159 Å². The predicted molar refractivity (Wildman–Crippen MR) is 101 cm³/mol. The van der Waals surface area contributed by atoms with Crippen LogP contribution >= 0.6 is 0 Å². The molecule has 27 heavy (non-hydrogen) atoms. The van der Waals surface area contributed by atoms with Crippen molar-refractivity contribution in [3.05, 3.63) is 59.9 Å². The number of hydrogen-bond acceptors (Lipinski definition) is 4. The van der Waals surface area contributed by atoms with E-state index in [0.29, 0.717) is 38.1 Å². The van der Waals surface area contributed by atoms with Crippen molar-refractivity contribution in [2.24, 2.45) is 5.41 Å². The molecule has 2 aromatic rings. The molecule has 1 fully saturated rings. The van der Waals surface area contributed by atoms with Crippen LogP contribution in [0.2, 0.25) is 0 Å². The second-order valence-corrected chi connectivity index (χ2v) is 8.98. The van der Waals surface area contributed by atoms with Crippen LogP contribution in [-0.4, -0.2) is 44.6 Å². The van der Waals surface area contributed by atoms with E-state index in [9.17, 15) is 17.9 Å². The van der Waals surface area contributed by atoms with Crippen molar-refractivity contribution < 1.29 is 22.7 Å². The van der Waals surface area contributed by atoms with Gasteiger partial charge in [0.2, 0.25) is 10.0 Å². The van der Waals surface area contributed by atoms with Gasteiger partial charge in [-0.1, -0.05) is 12.1 Å². The van der Waals surface area contributed by atoms with Crippen molar-refractivity contribution in [2.75, 3.05) is 26.8 Å². The molecule has 0 aliphatic carbocycles. The normalized spacial score (nSPS) is 17.6. The fourth-order valence-corrected chi connectivity index (χ4v) is 5.01. The molecule has 2 aromatic carbocycles. The van der Waals surface area contributed by atoms with Crippen LogP contribution < -0.4 is 4.74 Å². The van der Waals surface area contributed by atoms with Gasteiger partial charge in [0.05, 0.1) is 12.0 Å². The van der Waals surface area contributed by atoms with Crippen molar-refractivity contribution in [1.82, 2.24) is 4.31 Å². The minimum absolute atomic E-state index is 0.0556. The second-order valence-electron chi connectivity index (χ2n) is 7.04. The summed E-state index contributed by atoms with van der Waals surface area (Å²) in [4.78, 5) is 0.227. The van der Waals surface area contributed by atoms with Crippen molar-refractivity contribution >= 4 is 10.0 Å². The highest BCUT2D eigenvalue weighted by Crippen LogP contribution is 2.36. The minimum Gasteiger partial charge on any atom is -0.497 e. The van der Waals surface area contributed by atoms with Gasteiger partial charge in [0.25, 0.3) is 0 Å². The van der Waals surface area contributed by atoms with Gasteiger partial charge in [-0.2, -0.15) is 4.31 Å². The van der Waals surface area contributed by atoms with E-state index in [2.05, 4.69) is 0 Å². The number of methoxy groups -OCH3 is 1. The quantitative estimate of drug-likeness (QED) is 0.820. The molecule has 0 saturated carbocycles. The maximum absolute atomic E-state index is 13.5. The molecule has 1 aliphatic rings. The van der Waals surface area contributed by atoms with E-state index in [-0.39, 0.29) is 17.3 Å². The van der Waals surface area contributed by atoms with Crippen LogP contribution in [0.25, 0.3) is 0 Å². The van der Waals surface area contributed by atoms with Gasteiger partial charge in [0, 0.05) is 19.7 Å². The van der Waals surface area contributed by atoms with Crippen molar-refractivity contribution in [2.45, 2.75) is 24.2 Å². The molecule has 0 radical (unpaired) electrons. The van der Waals surface area contributed by atoms with Gasteiger partial charge >= 0.3 is 0 Å². The van der Waals surface area contributed by atoms with E-state index in [1.54, 1.807) is 18.2 Å². The lowest BCUT2D eigenvalue weighted by atomic mass is 9.75. The van der Waals surface area contributed by atoms with Crippen LogP contribution in [0.4, 0.5) is 4.39 Å². The topological polar surface area (TPSA) is 66.8 Å². The van der Waals surface area contributed by atoms with E-state index in [1.165, 1.54) is 35.7 Å². The Morgan fingerprint density at radius 3 is 2.37 bits per heavy atom. The van der Waals surface area contributed by atoms with E-state index in [1.807, 2.05) is 6.07 Å². The zero-order valence-electron chi connectivity index (χ0n) is 15.3. The monoisotopic (exact) mass is 393 g/mol. The van der Waals surface area contributed by atoms with Gasteiger partial charge in [-0.15, -0.1) is 0 Å². The maximum Gasteiger partial charge on any atom is 0.243 e. The average molecular weight is 393 g/mol. The lowest BCUT2D eigenvalue weighted by molar-refractivity contribution is 0.0684. The van der Waals surface area contributed by atoms with Crippen LogP contribution in [0, 0.1) is 11.2 Å². The molecule has 146 valence electrons. The molecule has 0 bridgehead atoms. The minimum atomic E-state index is -3.59. The molecule has 0 aromatic heterocycles. The summed E-state index contributed by atoms with van der Waals surface area (Å²) in [5, 5.41) is 9.96. The van der Waals surface area contributed by atoms with Gasteiger partial charge in [-0.25, -0.2) is 12.8 Å². The summed E-state index contributed by atoms with van der Waals surface area (Å²) in [6.45, 7) is 0.592. The Kier molecular flexibility index (Phi) is 5.83. The zero-order valence-corrected chi connectivity index (χ0v) is 16.1. The molecule has 1 saturated heterocycles. The number of ether oxygens (including phenoxy) is 1. The molecular formula is C20H24FNO4S. The molecule has 0 amide bonds. The standard InChI is InChI=1S/C20H24FNO4S/c1-26-18-5-7-19(8-6-18)27(24,25)22-11-9-20(15-23,10-12-22)14-16-3-2-4-17(21)13-16/h2-8,13,23H,9-12,14-15H2,1H3.